The fraction of sp³-hybridized carbons (Fsp3) is 0.533. The predicted molar refractivity (Wildman–Crippen MR) is 71.6 cm³/mol. The van der Waals surface area contributed by atoms with Gasteiger partial charge in [0.2, 0.25) is 0 Å². The summed E-state index contributed by atoms with van der Waals surface area (Å²) in [5, 5.41) is 0. The number of hydrogen-bond donors (Lipinski definition) is 0. The third-order valence-corrected chi connectivity index (χ3v) is 3.35. The van der Waals surface area contributed by atoms with Crippen molar-refractivity contribution in [3.63, 3.8) is 0 Å². The zero-order valence-corrected chi connectivity index (χ0v) is 11.6. The van der Waals surface area contributed by atoms with E-state index in [0.29, 0.717) is 13.2 Å². The highest BCUT2D eigenvalue weighted by Crippen LogP contribution is 2.32. The van der Waals surface area contributed by atoms with Crippen LogP contribution in [0.5, 0.6) is 0 Å². The first-order chi connectivity index (χ1) is 8.34. The molecule has 1 amide bonds. The quantitative estimate of drug-likeness (QED) is 0.763. The zero-order valence-electron chi connectivity index (χ0n) is 11.6. The molecule has 1 aliphatic heterocycles. The van der Waals surface area contributed by atoms with Crippen molar-refractivity contribution in [1.29, 1.82) is 0 Å². The van der Waals surface area contributed by atoms with Gasteiger partial charge >= 0.3 is 0 Å². The Labute approximate surface area is 109 Å². The molecular weight excluding hydrogens is 226 g/mol. The van der Waals surface area contributed by atoms with Crippen LogP contribution in [0.4, 0.5) is 0 Å². The summed E-state index contributed by atoms with van der Waals surface area (Å²) in [5.41, 5.74) is 0.170. The van der Waals surface area contributed by atoms with Gasteiger partial charge in [-0.3, -0.25) is 4.79 Å². The van der Waals surface area contributed by atoms with Gasteiger partial charge in [0.15, 0.2) is 0 Å². The van der Waals surface area contributed by atoms with Gasteiger partial charge in [0.05, 0.1) is 24.3 Å². The second-order valence-corrected chi connectivity index (χ2v) is 6.12. The molecular formula is C15H21NO2. The minimum atomic E-state index is -0.283. The Morgan fingerprint density at radius 3 is 2.06 bits per heavy atom. The molecule has 0 unspecified atom stereocenters. The van der Waals surface area contributed by atoms with Crippen molar-refractivity contribution in [2.45, 2.75) is 38.8 Å². The van der Waals surface area contributed by atoms with Crippen LogP contribution >= 0.6 is 0 Å². The van der Waals surface area contributed by atoms with Gasteiger partial charge in [0.25, 0.3) is 5.91 Å². The van der Waals surface area contributed by atoms with Crippen molar-refractivity contribution >= 4 is 5.91 Å². The first kappa shape index (κ1) is 13.1. The van der Waals surface area contributed by atoms with Crippen LogP contribution in [0.25, 0.3) is 0 Å². The molecule has 1 aromatic rings. The Bertz CT molecular complexity index is 421. The minimum Gasteiger partial charge on any atom is -0.377 e. The smallest absolute Gasteiger partial charge is 0.254 e. The zero-order chi connectivity index (χ0) is 13.4. The number of nitrogens with zero attached hydrogens (tertiary/aromatic N) is 1. The van der Waals surface area contributed by atoms with Gasteiger partial charge in [-0.05, 0) is 39.8 Å². The van der Waals surface area contributed by atoms with Gasteiger partial charge < -0.3 is 9.64 Å². The van der Waals surface area contributed by atoms with Crippen molar-refractivity contribution in [1.82, 2.24) is 4.90 Å². The first-order valence-electron chi connectivity index (χ1n) is 6.32. The fourth-order valence-corrected chi connectivity index (χ4v) is 2.76. The van der Waals surface area contributed by atoms with Gasteiger partial charge in [-0.1, -0.05) is 18.2 Å². The van der Waals surface area contributed by atoms with Crippen LogP contribution in [0.2, 0.25) is 0 Å². The first-order valence-corrected chi connectivity index (χ1v) is 6.32. The highest BCUT2D eigenvalue weighted by Gasteiger charge is 2.45. The van der Waals surface area contributed by atoms with E-state index in [4.69, 9.17) is 4.74 Å². The molecule has 98 valence electrons. The molecule has 2 rings (SSSR count). The van der Waals surface area contributed by atoms with E-state index >= 15 is 0 Å². The third-order valence-electron chi connectivity index (χ3n) is 3.35. The second-order valence-electron chi connectivity index (χ2n) is 6.12. The largest absolute Gasteiger partial charge is 0.377 e. The molecule has 3 heteroatoms. The van der Waals surface area contributed by atoms with Crippen LogP contribution < -0.4 is 0 Å². The summed E-state index contributed by atoms with van der Waals surface area (Å²) < 4.78 is 5.62. The van der Waals surface area contributed by atoms with Gasteiger partial charge in [-0.2, -0.15) is 0 Å². The van der Waals surface area contributed by atoms with Gasteiger partial charge in [-0.15, -0.1) is 0 Å². The van der Waals surface area contributed by atoms with Crippen LogP contribution in [0, 0.1) is 0 Å². The second kappa shape index (κ2) is 4.39. The molecule has 1 aliphatic rings. The van der Waals surface area contributed by atoms with Crippen LogP contribution in [-0.2, 0) is 4.74 Å². The molecule has 0 atom stereocenters. The lowest BCUT2D eigenvalue weighted by molar-refractivity contribution is -0.104. The van der Waals surface area contributed by atoms with Gasteiger partial charge in [0, 0.05) is 5.56 Å². The van der Waals surface area contributed by atoms with E-state index in [9.17, 15) is 4.79 Å². The number of carbonyl (C=O) groups excluding carboxylic acids is 1. The molecule has 1 saturated heterocycles. The molecule has 0 radical (unpaired) electrons. The summed E-state index contributed by atoms with van der Waals surface area (Å²) in [5.74, 6) is 0.0777. The number of hydrogen-bond acceptors (Lipinski definition) is 2. The molecule has 0 saturated carbocycles. The highest BCUT2D eigenvalue weighted by atomic mass is 16.5. The normalized spacial score (nSPS) is 21.7. The Hall–Kier alpha value is -1.35. The van der Waals surface area contributed by atoms with E-state index in [0.717, 1.165) is 5.56 Å². The topological polar surface area (TPSA) is 29.5 Å². The lowest BCUT2D eigenvalue weighted by Gasteiger charge is -2.52. The number of carbonyl (C=O) groups is 1. The predicted octanol–water partition coefficient (Wildman–Crippen LogP) is 2.72. The molecule has 0 spiro atoms. The fourth-order valence-electron chi connectivity index (χ4n) is 2.76. The molecule has 1 aromatic carbocycles. The molecule has 18 heavy (non-hydrogen) atoms. The average molecular weight is 247 g/mol. The Morgan fingerprint density at radius 1 is 1.06 bits per heavy atom. The maximum Gasteiger partial charge on any atom is 0.254 e. The lowest BCUT2D eigenvalue weighted by atomic mass is 9.90. The van der Waals surface area contributed by atoms with Crippen LogP contribution in [0.15, 0.2) is 30.3 Å². The van der Waals surface area contributed by atoms with E-state index < -0.39 is 0 Å². The number of ether oxygens (including phenoxy) is 1. The summed E-state index contributed by atoms with van der Waals surface area (Å²) in [7, 11) is 0. The Morgan fingerprint density at radius 2 is 1.56 bits per heavy atom. The number of amides is 1. The number of rotatable bonds is 1. The van der Waals surface area contributed by atoms with Crippen LogP contribution in [0.3, 0.4) is 0 Å². The van der Waals surface area contributed by atoms with Crippen molar-refractivity contribution in [2.24, 2.45) is 0 Å². The van der Waals surface area contributed by atoms with Crippen molar-refractivity contribution in [3.05, 3.63) is 35.9 Å². The van der Waals surface area contributed by atoms with Crippen LogP contribution in [-0.4, -0.2) is 35.1 Å². The monoisotopic (exact) mass is 247 g/mol. The van der Waals surface area contributed by atoms with E-state index in [1.807, 2.05) is 35.2 Å². The van der Waals surface area contributed by atoms with Gasteiger partial charge in [0.1, 0.15) is 0 Å². The third kappa shape index (κ3) is 2.27. The Balaban J connectivity index is 2.37. The SMILES string of the molecule is CC1(C)COCC(C)(C)N1C(=O)c1ccccc1. The number of benzene rings is 1. The summed E-state index contributed by atoms with van der Waals surface area (Å²) in [6.07, 6.45) is 0. The van der Waals surface area contributed by atoms with Crippen molar-refractivity contribution in [3.8, 4) is 0 Å². The molecule has 1 fully saturated rings. The van der Waals surface area contributed by atoms with E-state index in [2.05, 4.69) is 27.7 Å². The van der Waals surface area contributed by atoms with Crippen molar-refractivity contribution in [2.75, 3.05) is 13.2 Å². The Kier molecular flexibility index (Phi) is 3.20. The molecule has 0 bridgehead atoms. The summed E-state index contributed by atoms with van der Waals surface area (Å²) in [6.45, 7) is 9.36. The number of morpholine rings is 1. The molecule has 1 heterocycles. The van der Waals surface area contributed by atoms with E-state index in [1.54, 1.807) is 0 Å². The molecule has 0 N–H and O–H groups in total. The van der Waals surface area contributed by atoms with Crippen LogP contribution in [0.1, 0.15) is 38.1 Å². The molecule has 0 aliphatic carbocycles. The highest BCUT2D eigenvalue weighted by molar-refractivity contribution is 5.95. The lowest BCUT2D eigenvalue weighted by Crippen LogP contribution is -2.65. The maximum atomic E-state index is 12.7. The summed E-state index contributed by atoms with van der Waals surface area (Å²) in [6, 6.07) is 9.45. The average Bonchev–Trinajstić information content (AvgIpc) is 2.27. The van der Waals surface area contributed by atoms with E-state index in [1.165, 1.54) is 0 Å². The van der Waals surface area contributed by atoms with E-state index in [-0.39, 0.29) is 17.0 Å². The van der Waals surface area contributed by atoms with Crippen molar-refractivity contribution < 1.29 is 9.53 Å². The summed E-state index contributed by atoms with van der Waals surface area (Å²) in [4.78, 5) is 14.7. The standard InChI is InChI=1S/C15H21NO2/c1-14(2)10-18-11-15(3,4)16(14)13(17)12-8-6-5-7-9-12/h5-9H,10-11H2,1-4H3. The maximum absolute atomic E-state index is 12.7. The minimum absolute atomic E-state index is 0.0777. The summed E-state index contributed by atoms with van der Waals surface area (Å²) >= 11 is 0. The van der Waals surface area contributed by atoms with Gasteiger partial charge in [-0.25, -0.2) is 0 Å². The molecule has 3 nitrogen and oxygen atoms in total. The molecule has 0 aromatic heterocycles.